The second-order valence-electron chi connectivity index (χ2n) is 3.37. The van der Waals surface area contributed by atoms with Gasteiger partial charge in [-0.25, -0.2) is 4.98 Å². The van der Waals surface area contributed by atoms with Gasteiger partial charge >= 0.3 is 0 Å². The van der Waals surface area contributed by atoms with E-state index in [0.717, 1.165) is 23.9 Å². The largest absolute Gasteiger partial charge is 0.369 e. The van der Waals surface area contributed by atoms with Crippen LogP contribution in [0.2, 0.25) is 5.02 Å². The summed E-state index contributed by atoms with van der Waals surface area (Å²) >= 11 is 9.30. The van der Waals surface area contributed by atoms with Crippen LogP contribution in [0.4, 0.5) is 5.82 Å². The molecule has 0 saturated carbocycles. The monoisotopic (exact) mass is 291 g/mol. The van der Waals surface area contributed by atoms with Crippen LogP contribution in [-0.2, 0) is 0 Å². The summed E-state index contributed by atoms with van der Waals surface area (Å²) in [5, 5.41) is 3.78. The third kappa shape index (κ3) is 4.36. The van der Waals surface area contributed by atoms with Crippen LogP contribution in [0.3, 0.4) is 0 Å². The van der Waals surface area contributed by atoms with E-state index in [9.17, 15) is 0 Å². The molecule has 0 saturated heterocycles. The number of nitrogens with two attached hydrogens (primary N) is 1. The fourth-order valence-corrected chi connectivity index (χ4v) is 1.82. The molecule has 0 aliphatic carbocycles. The van der Waals surface area contributed by atoms with E-state index in [0.29, 0.717) is 10.8 Å². The van der Waals surface area contributed by atoms with Crippen LogP contribution in [0.25, 0.3) is 0 Å². The van der Waals surface area contributed by atoms with Crippen LogP contribution >= 0.6 is 27.5 Å². The molecule has 1 aromatic rings. The van der Waals surface area contributed by atoms with Crippen LogP contribution in [-0.4, -0.2) is 17.6 Å². The average Bonchev–Trinajstić information content (AvgIpc) is 2.21. The van der Waals surface area contributed by atoms with E-state index in [-0.39, 0.29) is 6.04 Å². The van der Waals surface area contributed by atoms with Gasteiger partial charge in [0, 0.05) is 23.3 Å². The minimum absolute atomic E-state index is 0.242. The van der Waals surface area contributed by atoms with Crippen molar-refractivity contribution < 1.29 is 0 Å². The number of anilines is 1. The Labute approximate surface area is 104 Å². The van der Waals surface area contributed by atoms with Crippen molar-refractivity contribution in [1.82, 2.24) is 4.98 Å². The molecule has 1 atom stereocenters. The Morgan fingerprint density at radius 1 is 1.67 bits per heavy atom. The smallest absolute Gasteiger partial charge is 0.144 e. The summed E-state index contributed by atoms with van der Waals surface area (Å²) in [5.74, 6) is 0.711. The molecule has 3 N–H and O–H groups in total. The first kappa shape index (κ1) is 12.7. The fraction of sp³-hybridized carbons (Fsp3) is 0.500. The minimum atomic E-state index is 0.242. The van der Waals surface area contributed by atoms with Gasteiger partial charge in [-0.15, -0.1) is 0 Å². The lowest BCUT2D eigenvalue weighted by Crippen LogP contribution is -2.22. The van der Waals surface area contributed by atoms with Gasteiger partial charge in [-0.3, -0.25) is 0 Å². The molecule has 0 radical (unpaired) electrons. The first-order valence-electron chi connectivity index (χ1n) is 4.94. The van der Waals surface area contributed by atoms with E-state index < -0.39 is 0 Å². The van der Waals surface area contributed by atoms with Gasteiger partial charge in [-0.05, 0) is 34.8 Å². The third-order valence-corrected chi connectivity index (χ3v) is 2.86. The predicted molar refractivity (Wildman–Crippen MR) is 68.3 cm³/mol. The molecule has 0 aromatic carbocycles. The summed E-state index contributed by atoms with van der Waals surface area (Å²) in [7, 11) is 0. The van der Waals surface area contributed by atoms with Crippen molar-refractivity contribution in [2.45, 2.75) is 25.8 Å². The second-order valence-corrected chi connectivity index (χ2v) is 4.69. The van der Waals surface area contributed by atoms with Crippen LogP contribution in [0, 0.1) is 0 Å². The number of hydrogen-bond acceptors (Lipinski definition) is 3. The number of nitrogens with zero attached hydrogens (tertiary/aromatic N) is 1. The van der Waals surface area contributed by atoms with Gasteiger partial charge in [0.2, 0.25) is 0 Å². The lowest BCUT2D eigenvalue weighted by molar-refractivity contribution is 0.613. The average molecular weight is 293 g/mol. The molecule has 84 valence electrons. The Hall–Kier alpha value is -0.320. The Morgan fingerprint density at radius 2 is 2.40 bits per heavy atom. The Morgan fingerprint density at radius 3 is 3.00 bits per heavy atom. The number of hydrogen-bond donors (Lipinski definition) is 2. The summed E-state index contributed by atoms with van der Waals surface area (Å²) in [6.07, 6.45) is 3.63. The Balaban J connectivity index is 2.44. The number of aromatic nitrogens is 1. The molecule has 0 aliphatic rings. The zero-order valence-corrected chi connectivity index (χ0v) is 11.0. The van der Waals surface area contributed by atoms with Gasteiger partial charge in [0.1, 0.15) is 5.82 Å². The van der Waals surface area contributed by atoms with E-state index >= 15 is 0 Å². The molecule has 0 aliphatic heterocycles. The summed E-state index contributed by atoms with van der Waals surface area (Å²) in [6.45, 7) is 2.87. The first-order valence-corrected chi connectivity index (χ1v) is 6.11. The van der Waals surface area contributed by atoms with E-state index in [1.165, 1.54) is 0 Å². The molecule has 1 heterocycles. The molecule has 5 heteroatoms. The zero-order valence-electron chi connectivity index (χ0n) is 8.63. The van der Waals surface area contributed by atoms with Gasteiger partial charge in [0.05, 0.1) is 5.02 Å². The van der Waals surface area contributed by atoms with Crippen LogP contribution < -0.4 is 11.1 Å². The maximum atomic E-state index is 5.99. The van der Waals surface area contributed by atoms with Crippen LogP contribution in [0.15, 0.2) is 16.7 Å². The highest BCUT2D eigenvalue weighted by Crippen LogP contribution is 2.22. The number of halogens is 2. The molecule has 1 rings (SSSR count). The van der Waals surface area contributed by atoms with Gasteiger partial charge in [-0.1, -0.05) is 18.5 Å². The normalized spacial score (nSPS) is 12.5. The van der Waals surface area contributed by atoms with Crippen LogP contribution in [0.1, 0.15) is 19.8 Å². The zero-order chi connectivity index (χ0) is 11.3. The van der Waals surface area contributed by atoms with Crippen molar-refractivity contribution in [3.63, 3.8) is 0 Å². The standard InChI is InChI=1S/C10H15BrClN3/c1-2-8(13)3-4-14-10-9(12)5-7(11)6-15-10/h5-6,8H,2-4,13H2,1H3,(H,14,15). The van der Waals surface area contributed by atoms with E-state index in [1.807, 2.05) is 6.07 Å². The first-order chi connectivity index (χ1) is 7.13. The molecule has 0 spiro atoms. The van der Waals surface area contributed by atoms with E-state index in [4.69, 9.17) is 17.3 Å². The highest BCUT2D eigenvalue weighted by Gasteiger charge is 2.03. The molecule has 0 bridgehead atoms. The fourth-order valence-electron chi connectivity index (χ4n) is 1.12. The van der Waals surface area contributed by atoms with Crippen molar-refractivity contribution in [1.29, 1.82) is 0 Å². The van der Waals surface area contributed by atoms with Crippen molar-refractivity contribution >= 4 is 33.3 Å². The van der Waals surface area contributed by atoms with E-state index in [1.54, 1.807) is 6.20 Å². The summed E-state index contributed by atoms with van der Waals surface area (Å²) < 4.78 is 0.878. The lowest BCUT2D eigenvalue weighted by atomic mass is 10.2. The molecular weight excluding hydrogens is 277 g/mol. The maximum absolute atomic E-state index is 5.99. The van der Waals surface area contributed by atoms with Gasteiger partial charge in [0.15, 0.2) is 0 Å². The quantitative estimate of drug-likeness (QED) is 0.877. The molecule has 1 aromatic heterocycles. The summed E-state index contributed by atoms with van der Waals surface area (Å²) in [5.41, 5.74) is 5.80. The SMILES string of the molecule is CCC(N)CCNc1ncc(Br)cc1Cl. The van der Waals surface area contributed by atoms with Gasteiger partial charge in [0.25, 0.3) is 0 Å². The third-order valence-electron chi connectivity index (χ3n) is 2.14. The number of pyridine rings is 1. The Bertz CT molecular complexity index is 320. The van der Waals surface area contributed by atoms with E-state index in [2.05, 4.69) is 33.2 Å². The van der Waals surface area contributed by atoms with Crippen molar-refractivity contribution in [3.05, 3.63) is 21.8 Å². The van der Waals surface area contributed by atoms with Gasteiger partial charge < -0.3 is 11.1 Å². The molecule has 15 heavy (non-hydrogen) atoms. The topological polar surface area (TPSA) is 50.9 Å². The number of rotatable bonds is 5. The molecular formula is C10H15BrClN3. The van der Waals surface area contributed by atoms with Gasteiger partial charge in [-0.2, -0.15) is 0 Å². The highest BCUT2D eigenvalue weighted by molar-refractivity contribution is 9.10. The van der Waals surface area contributed by atoms with Crippen molar-refractivity contribution in [2.24, 2.45) is 5.73 Å². The minimum Gasteiger partial charge on any atom is -0.369 e. The molecule has 0 amide bonds. The maximum Gasteiger partial charge on any atom is 0.144 e. The molecule has 3 nitrogen and oxygen atoms in total. The lowest BCUT2D eigenvalue weighted by Gasteiger charge is -2.10. The van der Waals surface area contributed by atoms with Crippen LogP contribution in [0.5, 0.6) is 0 Å². The Kier molecular flexibility index (Phi) is 5.36. The summed E-state index contributed by atoms with van der Waals surface area (Å²) in [4.78, 5) is 4.17. The number of nitrogens with one attached hydrogen (secondary N) is 1. The predicted octanol–water partition coefficient (Wildman–Crippen LogP) is 3.04. The van der Waals surface area contributed by atoms with Crippen molar-refractivity contribution in [2.75, 3.05) is 11.9 Å². The van der Waals surface area contributed by atoms with Crippen molar-refractivity contribution in [3.8, 4) is 0 Å². The highest BCUT2D eigenvalue weighted by atomic mass is 79.9. The second kappa shape index (κ2) is 6.30. The molecule has 0 fully saturated rings. The summed E-state index contributed by atoms with van der Waals surface area (Å²) in [6, 6.07) is 2.06. The molecule has 1 unspecified atom stereocenters.